The summed E-state index contributed by atoms with van der Waals surface area (Å²) >= 11 is 12.0. The van der Waals surface area contributed by atoms with E-state index in [1.807, 2.05) is 19.9 Å². The summed E-state index contributed by atoms with van der Waals surface area (Å²) in [7, 11) is 1.53. The molecule has 0 aliphatic rings. The summed E-state index contributed by atoms with van der Waals surface area (Å²) in [6.07, 6.45) is 0.844. The van der Waals surface area contributed by atoms with Crippen molar-refractivity contribution >= 4 is 29.1 Å². The number of methoxy groups -OCH3 is 1. The summed E-state index contributed by atoms with van der Waals surface area (Å²) < 4.78 is 4.96. The van der Waals surface area contributed by atoms with Gasteiger partial charge in [-0.25, -0.2) is 0 Å². The third-order valence-electron chi connectivity index (χ3n) is 3.30. The van der Waals surface area contributed by atoms with Crippen molar-refractivity contribution in [2.24, 2.45) is 5.73 Å². The van der Waals surface area contributed by atoms with Crippen molar-refractivity contribution in [1.82, 2.24) is 4.90 Å². The minimum atomic E-state index is -0.660. The summed E-state index contributed by atoms with van der Waals surface area (Å²) in [5.74, 6) is -0.128. The van der Waals surface area contributed by atoms with Gasteiger partial charge in [-0.15, -0.1) is 0 Å². The first-order valence-corrected chi connectivity index (χ1v) is 7.67. The van der Waals surface area contributed by atoms with E-state index >= 15 is 0 Å². The van der Waals surface area contributed by atoms with E-state index in [9.17, 15) is 4.79 Å². The fraction of sp³-hybridized carbons (Fsp3) is 0.533. The zero-order chi connectivity index (χ0) is 16.0. The Hall–Kier alpha value is -0.810. The molecule has 0 saturated carbocycles. The summed E-state index contributed by atoms with van der Waals surface area (Å²) in [4.78, 5) is 14.2. The predicted molar refractivity (Wildman–Crippen MR) is 86.7 cm³/mol. The highest BCUT2D eigenvalue weighted by Crippen LogP contribution is 2.28. The molecule has 0 aromatic heterocycles. The molecule has 0 radical (unpaired) electrons. The van der Waals surface area contributed by atoms with Gasteiger partial charge in [-0.1, -0.05) is 36.2 Å². The maximum absolute atomic E-state index is 12.5. The number of halogens is 2. The van der Waals surface area contributed by atoms with Crippen LogP contribution in [0.4, 0.5) is 0 Å². The molecule has 0 bridgehead atoms. The van der Waals surface area contributed by atoms with E-state index in [-0.39, 0.29) is 18.6 Å². The van der Waals surface area contributed by atoms with Crippen LogP contribution in [0.15, 0.2) is 18.2 Å². The number of nitrogens with two attached hydrogens (primary N) is 1. The molecular formula is C15H22Cl2N2O2. The van der Waals surface area contributed by atoms with Gasteiger partial charge in [-0.05, 0) is 31.0 Å². The molecule has 118 valence electrons. The standard InChI is InChI=1S/C15H22Cl2N2O2/c1-4-7-19(15(20)14(18)9-21-3)10(2)11-5-6-12(16)13(17)8-11/h5-6,8,10,14H,4,7,9,18H2,1-3H3. The lowest BCUT2D eigenvalue weighted by Crippen LogP contribution is -2.47. The predicted octanol–water partition coefficient (Wildman–Crippen LogP) is 3.27. The van der Waals surface area contributed by atoms with Gasteiger partial charge >= 0.3 is 0 Å². The monoisotopic (exact) mass is 332 g/mol. The van der Waals surface area contributed by atoms with Crippen LogP contribution in [0.3, 0.4) is 0 Å². The van der Waals surface area contributed by atoms with Gasteiger partial charge in [0.05, 0.1) is 22.7 Å². The molecular weight excluding hydrogens is 311 g/mol. The summed E-state index contributed by atoms with van der Waals surface area (Å²) in [6.45, 7) is 4.79. The fourth-order valence-corrected chi connectivity index (χ4v) is 2.46. The van der Waals surface area contributed by atoms with Crippen LogP contribution in [0.5, 0.6) is 0 Å². The minimum Gasteiger partial charge on any atom is -0.383 e. The minimum absolute atomic E-state index is 0.128. The second-order valence-corrected chi connectivity index (χ2v) is 5.76. The van der Waals surface area contributed by atoms with Crippen molar-refractivity contribution in [3.63, 3.8) is 0 Å². The van der Waals surface area contributed by atoms with E-state index in [0.717, 1.165) is 12.0 Å². The van der Waals surface area contributed by atoms with Crippen LogP contribution in [0.1, 0.15) is 31.9 Å². The molecule has 0 saturated heterocycles. The van der Waals surface area contributed by atoms with E-state index in [4.69, 9.17) is 33.7 Å². The van der Waals surface area contributed by atoms with Gasteiger partial charge in [0, 0.05) is 13.7 Å². The van der Waals surface area contributed by atoms with Crippen molar-refractivity contribution in [2.75, 3.05) is 20.3 Å². The van der Waals surface area contributed by atoms with Crippen LogP contribution in [0.25, 0.3) is 0 Å². The first-order valence-electron chi connectivity index (χ1n) is 6.92. The third kappa shape index (κ3) is 4.85. The SMILES string of the molecule is CCCN(C(=O)C(N)COC)C(C)c1ccc(Cl)c(Cl)c1. The summed E-state index contributed by atoms with van der Waals surface area (Å²) in [5, 5.41) is 0.975. The molecule has 2 unspecified atom stereocenters. The number of carbonyl (C=O) groups excluding carboxylic acids is 1. The maximum atomic E-state index is 12.5. The van der Waals surface area contributed by atoms with Crippen molar-refractivity contribution in [3.8, 4) is 0 Å². The molecule has 2 atom stereocenters. The molecule has 2 N–H and O–H groups in total. The highest BCUT2D eigenvalue weighted by Gasteiger charge is 2.25. The molecule has 0 fully saturated rings. The first-order chi connectivity index (χ1) is 9.92. The molecule has 1 rings (SSSR count). The quantitative estimate of drug-likeness (QED) is 0.833. The Morgan fingerprint density at radius 2 is 2.05 bits per heavy atom. The van der Waals surface area contributed by atoms with Crippen LogP contribution >= 0.6 is 23.2 Å². The number of amides is 1. The highest BCUT2D eigenvalue weighted by molar-refractivity contribution is 6.42. The average Bonchev–Trinajstić information content (AvgIpc) is 2.46. The largest absolute Gasteiger partial charge is 0.383 e. The zero-order valence-electron chi connectivity index (χ0n) is 12.6. The van der Waals surface area contributed by atoms with Gasteiger partial charge in [0.1, 0.15) is 6.04 Å². The second-order valence-electron chi connectivity index (χ2n) is 4.94. The smallest absolute Gasteiger partial charge is 0.242 e. The third-order valence-corrected chi connectivity index (χ3v) is 4.04. The number of rotatable bonds is 7. The molecule has 6 heteroatoms. The topological polar surface area (TPSA) is 55.6 Å². The molecule has 21 heavy (non-hydrogen) atoms. The molecule has 0 aliphatic heterocycles. The summed E-state index contributed by atoms with van der Waals surface area (Å²) in [6, 6.07) is 4.60. The van der Waals surface area contributed by atoms with Crippen molar-refractivity contribution in [2.45, 2.75) is 32.4 Å². The van der Waals surface area contributed by atoms with Crippen LogP contribution < -0.4 is 5.73 Å². The number of nitrogens with zero attached hydrogens (tertiary/aromatic N) is 1. The Morgan fingerprint density at radius 1 is 1.38 bits per heavy atom. The van der Waals surface area contributed by atoms with E-state index < -0.39 is 6.04 Å². The molecule has 0 heterocycles. The van der Waals surface area contributed by atoms with Gasteiger partial charge in [-0.2, -0.15) is 0 Å². The summed E-state index contributed by atoms with van der Waals surface area (Å²) in [5.41, 5.74) is 6.79. The number of carbonyl (C=O) groups is 1. The van der Waals surface area contributed by atoms with Crippen LogP contribution in [-0.2, 0) is 9.53 Å². The number of ether oxygens (including phenoxy) is 1. The van der Waals surface area contributed by atoms with E-state index in [1.54, 1.807) is 17.0 Å². The maximum Gasteiger partial charge on any atom is 0.242 e. The second kappa shape index (κ2) is 8.59. The van der Waals surface area contributed by atoms with Gasteiger partial charge in [-0.3, -0.25) is 4.79 Å². The Labute approximate surface area is 136 Å². The number of hydrogen-bond donors (Lipinski definition) is 1. The zero-order valence-corrected chi connectivity index (χ0v) is 14.1. The highest BCUT2D eigenvalue weighted by atomic mass is 35.5. The van der Waals surface area contributed by atoms with E-state index in [2.05, 4.69) is 0 Å². The van der Waals surface area contributed by atoms with E-state index in [1.165, 1.54) is 7.11 Å². The molecule has 0 spiro atoms. The Morgan fingerprint density at radius 3 is 2.57 bits per heavy atom. The van der Waals surface area contributed by atoms with Gasteiger partial charge in [0.15, 0.2) is 0 Å². The lowest BCUT2D eigenvalue weighted by atomic mass is 10.1. The molecule has 4 nitrogen and oxygen atoms in total. The molecule has 1 amide bonds. The van der Waals surface area contributed by atoms with Crippen molar-refractivity contribution in [1.29, 1.82) is 0 Å². The Kier molecular flexibility index (Phi) is 7.46. The van der Waals surface area contributed by atoms with Gasteiger partial charge < -0.3 is 15.4 Å². The molecule has 1 aromatic carbocycles. The number of benzene rings is 1. The normalized spacial score (nSPS) is 13.8. The fourth-order valence-electron chi connectivity index (χ4n) is 2.15. The lowest BCUT2D eigenvalue weighted by Gasteiger charge is -2.31. The Bertz CT molecular complexity index is 483. The molecule has 1 aromatic rings. The van der Waals surface area contributed by atoms with Crippen molar-refractivity contribution < 1.29 is 9.53 Å². The number of hydrogen-bond acceptors (Lipinski definition) is 3. The van der Waals surface area contributed by atoms with Crippen molar-refractivity contribution in [3.05, 3.63) is 33.8 Å². The average molecular weight is 333 g/mol. The van der Waals surface area contributed by atoms with Crippen LogP contribution in [0, 0.1) is 0 Å². The molecule has 0 aliphatic carbocycles. The van der Waals surface area contributed by atoms with Crippen LogP contribution in [0.2, 0.25) is 10.0 Å². The van der Waals surface area contributed by atoms with Gasteiger partial charge in [0.2, 0.25) is 5.91 Å². The van der Waals surface area contributed by atoms with Gasteiger partial charge in [0.25, 0.3) is 0 Å². The first kappa shape index (κ1) is 18.2. The van der Waals surface area contributed by atoms with Crippen LogP contribution in [-0.4, -0.2) is 37.1 Å². The Balaban J connectivity index is 2.97. The van der Waals surface area contributed by atoms with E-state index in [0.29, 0.717) is 16.6 Å². The lowest BCUT2D eigenvalue weighted by molar-refractivity contribution is -0.136.